The molecule has 4 aromatic rings. The van der Waals surface area contributed by atoms with Crippen LogP contribution in [0.1, 0.15) is 17.0 Å². The van der Waals surface area contributed by atoms with Gasteiger partial charge in [-0.2, -0.15) is 4.31 Å². The van der Waals surface area contributed by atoms with E-state index in [9.17, 15) is 8.42 Å². The van der Waals surface area contributed by atoms with Gasteiger partial charge in [0.2, 0.25) is 0 Å². The Hall–Kier alpha value is -3.30. The topological polar surface area (TPSA) is 93.0 Å². The summed E-state index contributed by atoms with van der Waals surface area (Å²) >= 11 is 0. The van der Waals surface area contributed by atoms with Gasteiger partial charge in [-0.25, -0.2) is 18.4 Å². The van der Waals surface area contributed by atoms with Crippen LogP contribution in [-0.2, 0) is 30.0 Å². The number of para-hydroxylation sites is 1. The van der Waals surface area contributed by atoms with Gasteiger partial charge < -0.3 is 9.88 Å². The lowest BCUT2D eigenvalue weighted by atomic mass is 10.0. The first kappa shape index (κ1) is 19.7. The van der Waals surface area contributed by atoms with Crippen molar-refractivity contribution >= 4 is 32.4 Å². The van der Waals surface area contributed by atoms with Gasteiger partial charge in [-0.3, -0.25) is 4.98 Å². The Kier molecular flexibility index (Phi) is 4.71. The molecule has 4 heterocycles. The molecule has 1 aromatic carbocycles. The zero-order chi connectivity index (χ0) is 21.6. The highest BCUT2D eigenvalue weighted by atomic mass is 32.2. The number of aromatic nitrogens is 4. The highest BCUT2D eigenvalue weighted by Gasteiger charge is 2.32. The van der Waals surface area contributed by atoms with Crippen molar-refractivity contribution in [2.75, 3.05) is 11.9 Å². The van der Waals surface area contributed by atoms with E-state index in [1.165, 1.54) is 10.5 Å². The molecule has 0 atom stereocenters. The number of nitrogens with zero attached hydrogens (tertiary/aromatic N) is 5. The maximum atomic E-state index is 13.2. The first-order valence-corrected chi connectivity index (χ1v) is 11.4. The van der Waals surface area contributed by atoms with Crippen LogP contribution in [0.3, 0.4) is 0 Å². The van der Waals surface area contributed by atoms with E-state index in [-0.39, 0.29) is 5.03 Å². The number of hydrogen-bond acceptors (Lipinski definition) is 6. The highest BCUT2D eigenvalue weighted by Crippen LogP contribution is 2.30. The Morgan fingerprint density at radius 1 is 1.06 bits per heavy atom. The summed E-state index contributed by atoms with van der Waals surface area (Å²) in [5, 5.41) is 4.62. The third-order valence-corrected chi connectivity index (χ3v) is 7.65. The quantitative estimate of drug-likeness (QED) is 0.530. The Balaban J connectivity index is 1.43. The van der Waals surface area contributed by atoms with E-state index < -0.39 is 10.0 Å². The Labute approximate surface area is 180 Å². The number of hydrogen-bond donors (Lipinski definition) is 1. The molecule has 0 spiro atoms. The predicted molar refractivity (Wildman–Crippen MR) is 119 cm³/mol. The third kappa shape index (κ3) is 3.45. The standard InChI is InChI=1S/C22H22N6O2S/c1-15-24-13-21(27(15)2)31(29,30)28-10-8-19-17(14-28)7-9-23-22(19)26-18-11-16-5-3-4-6-20(16)25-12-18/h3-7,9,11-13H,8,10,14H2,1-2H3,(H,23,26). The van der Waals surface area contributed by atoms with E-state index in [4.69, 9.17) is 0 Å². The van der Waals surface area contributed by atoms with E-state index >= 15 is 0 Å². The van der Waals surface area contributed by atoms with Crippen molar-refractivity contribution in [2.45, 2.75) is 24.9 Å². The number of pyridine rings is 2. The van der Waals surface area contributed by atoms with Crippen molar-refractivity contribution in [2.24, 2.45) is 7.05 Å². The van der Waals surface area contributed by atoms with Crippen LogP contribution in [0.15, 0.2) is 60.0 Å². The summed E-state index contributed by atoms with van der Waals surface area (Å²) < 4.78 is 29.4. The van der Waals surface area contributed by atoms with Gasteiger partial charge >= 0.3 is 0 Å². The molecule has 3 aromatic heterocycles. The van der Waals surface area contributed by atoms with Gasteiger partial charge in [0.25, 0.3) is 10.0 Å². The number of fused-ring (bicyclic) bond motifs is 2. The van der Waals surface area contributed by atoms with E-state index in [1.807, 2.05) is 36.4 Å². The Morgan fingerprint density at radius 2 is 1.90 bits per heavy atom. The molecule has 1 aliphatic heterocycles. The number of nitrogens with one attached hydrogen (secondary N) is 1. The van der Waals surface area contributed by atoms with E-state index in [0.717, 1.165) is 33.5 Å². The van der Waals surface area contributed by atoms with Crippen LogP contribution in [-0.4, -0.2) is 38.8 Å². The van der Waals surface area contributed by atoms with Crippen LogP contribution >= 0.6 is 0 Å². The van der Waals surface area contributed by atoms with Crippen molar-refractivity contribution in [1.82, 2.24) is 23.8 Å². The summed E-state index contributed by atoms with van der Waals surface area (Å²) in [4.78, 5) is 13.1. The normalized spacial score (nSPS) is 14.5. The second-order valence-corrected chi connectivity index (χ2v) is 9.51. The van der Waals surface area contributed by atoms with Crippen molar-refractivity contribution in [3.05, 3.63) is 71.9 Å². The fourth-order valence-electron chi connectivity index (χ4n) is 3.91. The minimum absolute atomic E-state index is 0.211. The number of sulfonamides is 1. The molecule has 0 unspecified atom stereocenters. The zero-order valence-corrected chi connectivity index (χ0v) is 18.1. The fraction of sp³-hybridized carbons (Fsp3) is 0.227. The SMILES string of the molecule is Cc1ncc(S(=O)(=O)N2CCc3c(ccnc3Nc3cnc4ccccc4c3)C2)n1C. The molecule has 0 radical (unpaired) electrons. The second-order valence-electron chi connectivity index (χ2n) is 7.63. The van der Waals surface area contributed by atoms with Crippen LogP contribution in [0.5, 0.6) is 0 Å². The maximum absolute atomic E-state index is 13.2. The number of rotatable bonds is 4. The predicted octanol–water partition coefficient (Wildman–Crippen LogP) is 3.16. The molecule has 8 nitrogen and oxygen atoms in total. The van der Waals surface area contributed by atoms with Gasteiger partial charge in [0.05, 0.1) is 23.6 Å². The Bertz CT molecular complexity index is 1400. The molecular formula is C22H22N6O2S. The molecule has 9 heteroatoms. The van der Waals surface area contributed by atoms with E-state index in [0.29, 0.717) is 25.3 Å². The average molecular weight is 435 g/mol. The molecule has 158 valence electrons. The summed E-state index contributed by atoms with van der Waals surface area (Å²) in [6.45, 7) is 2.47. The fourth-order valence-corrected chi connectivity index (χ4v) is 5.48. The van der Waals surface area contributed by atoms with Gasteiger partial charge in [0.1, 0.15) is 11.6 Å². The van der Waals surface area contributed by atoms with Crippen molar-refractivity contribution < 1.29 is 8.42 Å². The van der Waals surface area contributed by atoms with Crippen LogP contribution in [0.4, 0.5) is 11.5 Å². The number of benzene rings is 1. The van der Waals surface area contributed by atoms with Crippen molar-refractivity contribution in [3.8, 4) is 0 Å². The monoisotopic (exact) mass is 434 g/mol. The molecule has 0 amide bonds. The van der Waals surface area contributed by atoms with Crippen LogP contribution < -0.4 is 5.32 Å². The lowest BCUT2D eigenvalue weighted by Gasteiger charge is -2.29. The highest BCUT2D eigenvalue weighted by molar-refractivity contribution is 7.89. The number of aryl methyl sites for hydroxylation is 1. The molecule has 0 fully saturated rings. The van der Waals surface area contributed by atoms with Gasteiger partial charge in [-0.05, 0) is 37.1 Å². The number of anilines is 2. The van der Waals surface area contributed by atoms with Crippen LogP contribution in [0.25, 0.3) is 10.9 Å². The molecule has 5 rings (SSSR count). The molecule has 0 saturated carbocycles. The average Bonchev–Trinajstić information content (AvgIpc) is 3.12. The molecule has 31 heavy (non-hydrogen) atoms. The smallest absolute Gasteiger partial charge is 0.260 e. The van der Waals surface area contributed by atoms with E-state index in [2.05, 4.69) is 20.3 Å². The third-order valence-electron chi connectivity index (χ3n) is 5.75. The lowest BCUT2D eigenvalue weighted by Crippen LogP contribution is -2.37. The maximum Gasteiger partial charge on any atom is 0.260 e. The van der Waals surface area contributed by atoms with Gasteiger partial charge in [-0.1, -0.05) is 18.2 Å². The van der Waals surface area contributed by atoms with E-state index in [1.54, 1.807) is 30.9 Å². The first-order chi connectivity index (χ1) is 14.9. The van der Waals surface area contributed by atoms with Crippen molar-refractivity contribution in [3.63, 3.8) is 0 Å². The van der Waals surface area contributed by atoms with Crippen LogP contribution in [0, 0.1) is 6.92 Å². The van der Waals surface area contributed by atoms with Gasteiger partial charge in [0.15, 0.2) is 5.03 Å². The molecule has 0 bridgehead atoms. The first-order valence-electron chi connectivity index (χ1n) is 10.0. The summed E-state index contributed by atoms with van der Waals surface area (Å²) in [5.41, 5.74) is 3.76. The van der Waals surface area contributed by atoms with Gasteiger partial charge in [-0.15, -0.1) is 0 Å². The lowest BCUT2D eigenvalue weighted by molar-refractivity contribution is 0.387. The van der Waals surface area contributed by atoms with Gasteiger partial charge in [0, 0.05) is 37.3 Å². The number of imidazole rings is 1. The molecular weight excluding hydrogens is 412 g/mol. The zero-order valence-electron chi connectivity index (χ0n) is 17.3. The van der Waals surface area contributed by atoms with Crippen molar-refractivity contribution in [1.29, 1.82) is 0 Å². The Morgan fingerprint density at radius 3 is 2.71 bits per heavy atom. The van der Waals surface area contributed by atoms with Crippen LogP contribution in [0.2, 0.25) is 0 Å². The minimum atomic E-state index is -3.63. The summed E-state index contributed by atoms with van der Waals surface area (Å²) in [7, 11) is -1.91. The summed E-state index contributed by atoms with van der Waals surface area (Å²) in [6, 6.07) is 11.9. The molecule has 1 N–H and O–H groups in total. The largest absolute Gasteiger partial charge is 0.339 e. The summed E-state index contributed by atoms with van der Waals surface area (Å²) in [6.07, 6.45) is 5.49. The summed E-state index contributed by atoms with van der Waals surface area (Å²) in [5.74, 6) is 1.40. The second kappa shape index (κ2) is 7.44. The molecule has 1 aliphatic rings. The molecule has 0 aliphatic carbocycles. The minimum Gasteiger partial charge on any atom is -0.339 e. The molecule has 0 saturated heterocycles.